The highest BCUT2D eigenvalue weighted by atomic mass is 35.5. The SMILES string of the molecule is O=S(=O)(Nn1nc(C(F)F)c2ccc3c(Cl)c(F)ccc3c21)c1ccccc1. The third-order valence-corrected chi connectivity index (χ3v) is 5.91. The second-order valence-electron chi connectivity index (χ2n) is 5.92. The zero-order chi connectivity index (χ0) is 20.1. The van der Waals surface area contributed by atoms with Gasteiger partial charge >= 0.3 is 0 Å². The van der Waals surface area contributed by atoms with Gasteiger partial charge in [-0.1, -0.05) is 35.9 Å². The van der Waals surface area contributed by atoms with Crippen molar-refractivity contribution in [2.45, 2.75) is 11.3 Å². The van der Waals surface area contributed by atoms with Gasteiger partial charge in [0.25, 0.3) is 16.4 Å². The topological polar surface area (TPSA) is 64.0 Å². The molecule has 10 heteroatoms. The zero-order valence-corrected chi connectivity index (χ0v) is 15.5. The Morgan fingerprint density at radius 1 is 0.964 bits per heavy atom. The van der Waals surface area contributed by atoms with Crippen LogP contribution in [0.2, 0.25) is 5.02 Å². The summed E-state index contributed by atoms with van der Waals surface area (Å²) in [5.74, 6) is -0.682. The number of nitrogens with zero attached hydrogens (tertiary/aromatic N) is 2. The van der Waals surface area contributed by atoms with Gasteiger partial charge in [-0.05, 0) is 30.3 Å². The normalized spacial score (nSPS) is 12.2. The molecule has 0 amide bonds. The summed E-state index contributed by atoms with van der Waals surface area (Å²) >= 11 is 5.99. The lowest BCUT2D eigenvalue weighted by molar-refractivity contribution is 0.147. The van der Waals surface area contributed by atoms with Gasteiger partial charge in [0.2, 0.25) is 0 Å². The van der Waals surface area contributed by atoms with E-state index in [9.17, 15) is 21.6 Å². The fourth-order valence-electron chi connectivity index (χ4n) is 2.97. The minimum absolute atomic E-state index is 0.0286. The van der Waals surface area contributed by atoms with E-state index in [0.717, 1.165) is 10.9 Å². The Bertz CT molecular complexity index is 1310. The maximum atomic E-state index is 13.8. The molecule has 4 aromatic rings. The number of aromatic nitrogens is 2. The molecule has 0 atom stereocenters. The van der Waals surface area contributed by atoms with Crippen LogP contribution < -0.4 is 4.83 Å². The number of hydrogen-bond acceptors (Lipinski definition) is 3. The molecule has 4 rings (SSSR count). The summed E-state index contributed by atoms with van der Waals surface area (Å²) in [5.41, 5.74) is -0.553. The Labute approximate surface area is 162 Å². The van der Waals surface area contributed by atoms with Crippen LogP contribution in [0.15, 0.2) is 59.5 Å². The number of sulfonamides is 1. The molecule has 0 fully saturated rings. The van der Waals surface area contributed by atoms with Gasteiger partial charge in [-0.15, -0.1) is 5.10 Å². The highest BCUT2D eigenvalue weighted by Crippen LogP contribution is 2.35. The number of rotatable bonds is 4. The summed E-state index contributed by atoms with van der Waals surface area (Å²) in [6.45, 7) is 0. The molecule has 144 valence electrons. The Morgan fingerprint density at radius 2 is 1.61 bits per heavy atom. The monoisotopic (exact) mass is 425 g/mol. The van der Waals surface area contributed by atoms with Gasteiger partial charge in [0, 0.05) is 16.2 Å². The molecule has 0 aliphatic rings. The second kappa shape index (κ2) is 6.68. The van der Waals surface area contributed by atoms with Crippen molar-refractivity contribution in [2.24, 2.45) is 0 Å². The van der Waals surface area contributed by atoms with Crippen LogP contribution in [0.4, 0.5) is 13.2 Å². The molecule has 0 bridgehead atoms. The summed E-state index contributed by atoms with van der Waals surface area (Å²) in [7, 11) is -4.11. The molecule has 1 heterocycles. The summed E-state index contributed by atoms with van der Waals surface area (Å²) in [6, 6.07) is 12.5. The maximum absolute atomic E-state index is 13.8. The molecule has 0 radical (unpaired) electrons. The number of nitrogens with one attached hydrogen (secondary N) is 1. The smallest absolute Gasteiger partial charge is 0.205 e. The van der Waals surface area contributed by atoms with E-state index in [1.807, 2.05) is 0 Å². The number of alkyl halides is 2. The summed E-state index contributed by atoms with van der Waals surface area (Å²) in [5, 5.41) is 4.09. The lowest BCUT2D eigenvalue weighted by Gasteiger charge is -2.10. The van der Waals surface area contributed by atoms with Crippen LogP contribution in [0, 0.1) is 5.82 Å². The predicted octanol–water partition coefficient (Wildman–Crippen LogP) is 4.85. The molecule has 0 saturated carbocycles. The van der Waals surface area contributed by atoms with E-state index in [1.165, 1.54) is 42.5 Å². The van der Waals surface area contributed by atoms with Crippen molar-refractivity contribution < 1.29 is 21.6 Å². The molecular weight excluding hydrogens is 415 g/mol. The molecule has 0 unspecified atom stereocenters. The van der Waals surface area contributed by atoms with Crippen LogP contribution in [0.25, 0.3) is 21.7 Å². The van der Waals surface area contributed by atoms with Crippen LogP contribution in [-0.2, 0) is 10.0 Å². The summed E-state index contributed by atoms with van der Waals surface area (Å²) < 4.78 is 66.0. The predicted molar refractivity (Wildman–Crippen MR) is 100 cm³/mol. The Kier molecular flexibility index (Phi) is 4.43. The zero-order valence-electron chi connectivity index (χ0n) is 13.9. The fourth-order valence-corrected chi connectivity index (χ4v) is 4.17. The van der Waals surface area contributed by atoms with E-state index < -0.39 is 28.0 Å². The summed E-state index contributed by atoms with van der Waals surface area (Å²) in [6.07, 6.45) is -2.95. The number of fused-ring (bicyclic) bond motifs is 3. The molecule has 1 aromatic heterocycles. The Hall–Kier alpha value is -2.78. The average molecular weight is 426 g/mol. The van der Waals surface area contributed by atoms with E-state index in [1.54, 1.807) is 6.07 Å². The van der Waals surface area contributed by atoms with Crippen molar-refractivity contribution in [1.29, 1.82) is 0 Å². The first-order valence-electron chi connectivity index (χ1n) is 7.95. The molecule has 0 aliphatic heterocycles. The Morgan fingerprint density at radius 3 is 2.29 bits per heavy atom. The molecular formula is C18H11ClF3N3O2S. The van der Waals surface area contributed by atoms with Crippen LogP contribution in [0.3, 0.4) is 0 Å². The van der Waals surface area contributed by atoms with Crippen LogP contribution in [0.5, 0.6) is 0 Å². The van der Waals surface area contributed by atoms with Gasteiger partial charge in [0.15, 0.2) is 0 Å². The molecule has 0 saturated heterocycles. The maximum Gasteiger partial charge on any atom is 0.282 e. The average Bonchev–Trinajstić information content (AvgIpc) is 3.04. The highest BCUT2D eigenvalue weighted by Gasteiger charge is 2.24. The van der Waals surface area contributed by atoms with Crippen LogP contribution >= 0.6 is 11.6 Å². The van der Waals surface area contributed by atoms with Gasteiger partial charge in [-0.2, -0.15) is 18.0 Å². The summed E-state index contributed by atoms with van der Waals surface area (Å²) in [4.78, 5) is 2.88. The van der Waals surface area contributed by atoms with Gasteiger partial charge in [-0.25, -0.2) is 13.2 Å². The van der Waals surface area contributed by atoms with Crippen molar-refractivity contribution >= 4 is 43.3 Å². The number of hydrogen-bond donors (Lipinski definition) is 1. The first-order valence-corrected chi connectivity index (χ1v) is 9.81. The van der Waals surface area contributed by atoms with Crippen molar-refractivity contribution in [3.05, 3.63) is 71.1 Å². The van der Waals surface area contributed by atoms with E-state index in [-0.39, 0.29) is 31.6 Å². The minimum Gasteiger partial charge on any atom is -0.205 e. The van der Waals surface area contributed by atoms with Crippen LogP contribution in [0.1, 0.15) is 12.1 Å². The minimum atomic E-state index is -4.11. The third-order valence-electron chi connectivity index (χ3n) is 4.22. The van der Waals surface area contributed by atoms with Crippen molar-refractivity contribution in [2.75, 3.05) is 4.83 Å². The van der Waals surface area contributed by atoms with Gasteiger partial charge in [-0.3, -0.25) is 0 Å². The van der Waals surface area contributed by atoms with E-state index in [0.29, 0.717) is 0 Å². The van der Waals surface area contributed by atoms with E-state index in [4.69, 9.17) is 11.6 Å². The number of halogens is 4. The van der Waals surface area contributed by atoms with Gasteiger partial charge < -0.3 is 0 Å². The number of benzene rings is 3. The molecule has 0 aliphatic carbocycles. The molecule has 3 aromatic carbocycles. The lowest BCUT2D eigenvalue weighted by Crippen LogP contribution is -2.24. The fraction of sp³-hybridized carbons (Fsp3) is 0.0556. The molecule has 28 heavy (non-hydrogen) atoms. The third kappa shape index (κ3) is 2.96. The first kappa shape index (κ1) is 18.6. The standard InChI is InChI=1S/C18H11ClF3N3O2S/c19-15-11-6-7-13-16(18(21)22)23-25(17(13)12(11)8-9-14(15)20)24-28(26,27)10-4-2-1-3-5-10/h1-9,18,24H. The van der Waals surface area contributed by atoms with Crippen molar-refractivity contribution in [3.63, 3.8) is 0 Å². The lowest BCUT2D eigenvalue weighted by atomic mass is 10.1. The first-order chi connectivity index (χ1) is 13.3. The van der Waals surface area contributed by atoms with E-state index in [2.05, 4.69) is 9.93 Å². The van der Waals surface area contributed by atoms with Gasteiger partial charge in [0.1, 0.15) is 17.0 Å². The largest absolute Gasteiger partial charge is 0.282 e. The van der Waals surface area contributed by atoms with Crippen molar-refractivity contribution in [3.8, 4) is 0 Å². The highest BCUT2D eigenvalue weighted by molar-refractivity contribution is 7.92. The van der Waals surface area contributed by atoms with Gasteiger partial charge in [0.05, 0.1) is 9.92 Å². The molecule has 5 nitrogen and oxygen atoms in total. The van der Waals surface area contributed by atoms with Crippen LogP contribution in [-0.4, -0.2) is 18.3 Å². The second-order valence-corrected chi connectivity index (χ2v) is 7.96. The quantitative estimate of drug-likeness (QED) is 0.508. The molecule has 0 spiro atoms. The van der Waals surface area contributed by atoms with Crippen molar-refractivity contribution in [1.82, 2.24) is 9.89 Å². The van der Waals surface area contributed by atoms with E-state index >= 15 is 0 Å². The Balaban J connectivity index is 2.00. The molecule has 1 N–H and O–H groups in total.